The second-order valence-corrected chi connectivity index (χ2v) is 3.64. The highest BCUT2D eigenvalue weighted by atomic mass is 16.6. The van der Waals surface area contributed by atoms with Crippen LogP contribution in [0.25, 0.3) is 0 Å². The third-order valence-electron chi connectivity index (χ3n) is 2.26. The minimum absolute atomic E-state index is 0.0514. The van der Waals surface area contributed by atoms with Crippen LogP contribution in [0.4, 0.5) is 0 Å². The fourth-order valence-electron chi connectivity index (χ4n) is 1.24. The molecule has 86 valence electrons. The monoisotopic (exact) mass is 214 g/mol. The summed E-state index contributed by atoms with van der Waals surface area (Å²) in [4.78, 5) is 23.2. The average Bonchev–Trinajstić information content (AvgIpc) is 2.17. The predicted octanol–water partition coefficient (Wildman–Crippen LogP) is 1.46. The first-order valence-electron chi connectivity index (χ1n) is 5.00. The Balaban J connectivity index is 4.59. The summed E-state index contributed by atoms with van der Waals surface area (Å²) in [5.41, 5.74) is 0. The Morgan fingerprint density at radius 2 is 2.13 bits per heavy atom. The Kier molecular flexibility index (Phi) is 5.59. The fraction of sp³-hybridized carbons (Fsp3) is 0.700. The van der Waals surface area contributed by atoms with Crippen molar-refractivity contribution in [2.45, 2.75) is 39.3 Å². The summed E-state index contributed by atoms with van der Waals surface area (Å²) in [5.74, 6) is -0.259. The zero-order valence-electron chi connectivity index (χ0n) is 9.47. The number of carbonyl (C=O) groups excluding carboxylic acids is 1. The highest BCUT2D eigenvalue weighted by Crippen LogP contribution is 2.06. The average molecular weight is 214 g/mol. The minimum atomic E-state index is -0.698. The lowest BCUT2D eigenvalue weighted by Gasteiger charge is -2.26. The molecule has 1 amide bonds. The highest BCUT2D eigenvalue weighted by Gasteiger charge is 2.25. The first-order valence-corrected chi connectivity index (χ1v) is 5.00. The van der Waals surface area contributed by atoms with Gasteiger partial charge in [0.25, 0.3) is 0 Å². The van der Waals surface area contributed by atoms with Crippen molar-refractivity contribution in [2.24, 2.45) is 0 Å². The SMILES string of the molecule is C=CC(=O)N(CC(CC)[N+](=O)[O-])C(C)C. The Morgan fingerprint density at radius 1 is 1.60 bits per heavy atom. The second kappa shape index (κ2) is 6.16. The van der Waals surface area contributed by atoms with Gasteiger partial charge in [-0.15, -0.1) is 0 Å². The van der Waals surface area contributed by atoms with E-state index in [9.17, 15) is 14.9 Å². The molecule has 0 saturated carbocycles. The van der Waals surface area contributed by atoms with Crippen LogP contribution in [0.1, 0.15) is 27.2 Å². The topological polar surface area (TPSA) is 63.5 Å². The van der Waals surface area contributed by atoms with Gasteiger partial charge >= 0.3 is 0 Å². The molecule has 0 aliphatic rings. The maximum absolute atomic E-state index is 11.4. The standard InChI is InChI=1S/C10H18N2O3/c1-5-9(12(14)15)7-11(8(3)4)10(13)6-2/h6,8-9H,2,5,7H2,1,3-4H3. The third kappa shape index (κ3) is 4.10. The lowest BCUT2D eigenvalue weighted by Crippen LogP contribution is -2.43. The molecule has 15 heavy (non-hydrogen) atoms. The van der Waals surface area contributed by atoms with Gasteiger partial charge in [-0.2, -0.15) is 0 Å². The Bertz CT molecular complexity index is 251. The van der Waals surface area contributed by atoms with Crippen LogP contribution in [0.2, 0.25) is 0 Å². The van der Waals surface area contributed by atoms with Crippen LogP contribution in [-0.4, -0.2) is 34.4 Å². The predicted molar refractivity (Wildman–Crippen MR) is 58.1 cm³/mol. The molecule has 0 saturated heterocycles. The third-order valence-corrected chi connectivity index (χ3v) is 2.26. The molecule has 5 nitrogen and oxygen atoms in total. The van der Waals surface area contributed by atoms with Crippen LogP contribution in [0.3, 0.4) is 0 Å². The first-order chi connectivity index (χ1) is 6.93. The van der Waals surface area contributed by atoms with Gasteiger partial charge in [-0.25, -0.2) is 0 Å². The van der Waals surface area contributed by atoms with Crippen molar-refractivity contribution in [2.75, 3.05) is 6.54 Å². The summed E-state index contributed by atoms with van der Waals surface area (Å²) >= 11 is 0. The van der Waals surface area contributed by atoms with Gasteiger partial charge in [-0.3, -0.25) is 14.9 Å². The van der Waals surface area contributed by atoms with E-state index >= 15 is 0 Å². The van der Waals surface area contributed by atoms with E-state index in [0.717, 1.165) is 0 Å². The normalized spacial score (nSPS) is 12.3. The lowest BCUT2D eigenvalue weighted by atomic mass is 10.2. The smallest absolute Gasteiger partial charge is 0.246 e. The molecule has 0 fully saturated rings. The molecule has 0 aliphatic carbocycles. The molecule has 0 spiro atoms. The zero-order valence-corrected chi connectivity index (χ0v) is 9.47. The maximum atomic E-state index is 11.4. The summed E-state index contributed by atoms with van der Waals surface area (Å²) in [6, 6.07) is -0.749. The molecular formula is C10H18N2O3. The van der Waals surface area contributed by atoms with Crippen LogP contribution in [-0.2, 0) is 4.79 Å². The second-order valence-electron chi connectivity index (χ2n) is 3.64. The number of nitro groups is 1. The van der Waals surface area contributed by atoms with Gasteiger partial charge in [0.1, 0.15) is 0 Å². The number of nitrogens with zero attached hydrogens (tertiary/aromatic N) is 2. The van der Waals surface area contributed by atoms with Gasteiger partial charge in [0.05, 0.1) is 6.54 Å². The molecule has 0 heterocycles. The molecule has 1 atom stereocenters. The van der Waals surface area contributed by atoms with E-state index in [4.69, 9.17) is 0 Å². The van der Waals surface area contributed by atoms with Crippen molar-refractivity contribution in [3.05, 3.63) is 22.8 Å². The molecule has 0 aromatic heterocycles. The Morgan fingerprint density at radius 3 is 2.40 bits per heavy atom. The van der Waals surface area contributed by atoms with Gasteiger partial charge in [-0.1, -0.05) is 13.5 Å². The molecule has 0 rings (SSSR count). The highest BCUT2D eigenvalue weighted by molar-refractivity contribution is 5.87. The molecular weight excluding hydrogens is 196 g/mol. The van der Waals surface area contributed by atoms with E-state index in [-0.39, 0.29) is 23.4 Å². The van der Waals surface area contributed by atoms with Gasteiger partial charge in [0.15, 0.2) is 0 Å². The summed E-state index contributed by atoms with van der Waals surface area (Å²) in [5, 5.41) is 10.6. The van der Waals surface area contributed by atoms with Crippen molar-refractivity contribution >= 4 is 5.91 Å². The molecule has 5 heteroatoms. The van der Waals surface area contributed by atoms with Crippen LogP contribution in [0.15, 0.2) is 12.7 Å². The van der Waals surface area contributed by atoms with E-state index in [1.807, 2.05) is 13.8 Å². The van der Waals surface area contributed by atoms with Crippen LogP contribution in [0.5, 0.6) is 0 Å². The zero-order chi connectivity index (χ0) is 12.0. The Labute approximate surface area is 89.9 Å². The van der Waals surface area contributed by atoms with Crippen LogP contribution in [0, 0.1) is 10.1 Å². The quantitative estimate of drug-likeness (QED) is 0.382. The van der Waals surface area contributed by atoms with Crippen molar-refractivity contribution in [3.63, 3.8) is 0 Å². The summed E-state index contributed by atoms with van der Waals surface area (Å²) in [6.07, 6.45) is 1.60. The lowest BCUT2D eigenvalue weighted by molar-refractivity contribution is -0.523. The summed E-state index contributed by atoms with van der Waals surface area (Å²) in [6.45, 7) is 8.92. The van der Waals surface area contributed by atoms with Crippen molar-refractivity contribution in [1.82, 2.24) is 4.90 Å². The van der Waals surface area contributed by atoms with Gasteiger partial charge < -0.3 is 4.90 Å². The maximum Gasteiger partial charge on any atom is 0.246 e. The van der Waals surface area contributed by atoms with E-state index in [2.05, 4.69) is 6.58 Å². The van der Waals surface area contributed by atoms with E-state index in [1.165, 1.54) is 11.0 Å². The fourth-order valence-corrected chi connectivity index (χ4v) is 1.24. The van der Waals surface area contributed by atoms with Gasteiger partial charge in [-0.05, 0) is 19.9 Å². The Hall–Kier alpha value is -1.39. The van der Waals surface area contributed by atoms with Crippen molar-refractivity contribution in [1.29, 1.82) is 0 Å². The van der Waals surface area contributed by atoms with Crippen LogP contribution >= 0.6 is 0 Å². The van der Waals surface area contributed by atoms with E-state index < -0.39 is 6.04 Å². The molecule has 0 radical (unpaired) electrons. The molecule has 1 unspecified atom stereocenters. The largest absolute Gasteiger partial charge is 0.330 e. The number of hydrogen-bond acceptors (Lipinski definition) is 3. The molecule has 0 aromatic rings. The molecule has 0 aliphatic heterocycles. The van der Waals surface area contributed by atoms with E-state index in [1.54, 1.807) is 6.92 Å². The number of carbonyl (C=O) groups is 1. The summed E-state index contributed by atoms with van der Waals surface area (Å²) in [7, 11) is 0. The molecule has 0 bridgehead atoms. The van der Waals surface area contributed by atoms with Gasteiger partial charge in [0, 0.05) is 17.4 Å². The number of amides is 1. The number of rotatable bonds is 6. The van der Waals surface area contributed by atoms with E-state index in [0.29, 0.717) is 6.42 Å². The van der Waals surface area contributed by atoms with Crippen LogP contribution < -0.4 is 0 Å². The van der Waals surface area contributed by atoms with Crippen molar-refractivity contribution < 1.29 is 9.72 Å². The van der Waals surface area contributed by atoms with Gasteiger partial charge in [0.2, 0.25) is 11.9 Å². The summed E-state index contributed by atoms with van der Waals surface area (Å²) < 4.78 is 0. The first kappa shape index (κ1) is 13.6. The molecule has 0 aromatic carbocycles. The minimum Gasteiger partial charge on any atom is -0.330 e. The number of hydrogen-bond donors (Lipinski definition) is 0. The molecule has 0 N–H and O–H groups in total. The van der Waals surface area contributed by atoms with Crippen molar-refractivity contribution in [3.8, 4) is 0 Å².